The summed E-state index contributed by atoms with van der Waals surface area (Å²) in [5.74, 6) is 0. The van der Waals surface area contributed by atoms with Crippen molar-refractivity contribution in [1.82, 2.24) is 0 Å². The third-order valence-electron chi connectivity index (χ3n) is 5.62. The molecule has 0 N–H and O–H groups in total. The van der Waals surface area contributed by atoms with E-state index in [1.165, 1.54) is 38.3 Å². The minimum atomic E-state index is 0.824. The van der Waals surface area contributed by atoms with Crippen molar-refractivity contribution in [3.05, 3.63) is 88.1 Å². The van der Waals surface area contributed by atoms with E-state index in [0.29, 0.717) is 0 Å². The molecule has 0 radical (unpaired) electrons. The van der Waals surface area contributed by atoms with Crippen LogP contribution in [-0.4, -0.2) is 6.26 Å². The normalized spacial score (nSPS) is 12.1. The molecule has 0 amide bonds. The van der Waals surface area contributed by atoms with Gasteiger partial charge in [-0.2, -0.15) is 5.26 Å². The van der Waals surface area contributed by atoms with E-state index in [2.05, 4.69) is 78.4 Å². The lowest BCUT2D eigenvalue weighted by Gasteiger charge is -2.27. The van der Waals surface area contributed by atoms with E-state index < -0.39 is 0 Å². The van der Waals surface area contributed by atoms with Crippen LogP contribution in [0.5, 0.6) is 0 Å². The predicted octanol–water partition coefficient (Wildman–Crippen LogP) is 7.44. The van der Waals surface area contributed by atoms with Crippen LogP contribution in [-0.2, 0) is 12.8 Å². The number of aryl methyl sites for hydroxylation is 1. The van der Waals surface area contributed by atoms with Crippen molar-refractivity contribution in [3.63, 3.8) is 0 Å². The molecular formula is C26H19NS2. The van der Waals surface area contributed by atoms with Crippen LogP contribution >= 0.6 is 23.1 Å². The van der Waals surface area contributed by atoms with Gasteiger partial charge in [0.2, 0.25) is 0 Å². The van der Waals surface area contributed by atoms with Crippen LogP contribution < -0.4 is 0 Å². The fourth-order valence-electron chi connectivity index (χ4n) is 4.44. The van der Waals surface area contributed by atoms with E-state index >= 15 is 0 Å². The summed E-state index contributed by atoms with van der Waals surface area (Å²) in [5.41, 5.74) is 9.41. The van der Waals surface area contributed by atoms with Crippen molar-refractivity contribution < 1.29 is 0 Å². The smallest absolute Gasteiger partial charge is 0.101 e. The second kappa shape index (κ2) is 7.55. The van der Waals surface area contributed by atoms with E-state index in [0.717, 1.165) is 28.9 Å². The van der Waals surface area contributed by atoms with Gasteiger partial charge in [0.1, 0.15) is 6.07 Å². The Hall–Kier alpha value is -2.80. The lowest BCUT2D eigenvalue weighted by atomic mass is 9.79. The van der Waals surface area contributed by atoms with Crippen LogP contribution in [0.1, 0.15) is 16.0 Å². The zero-order valence-electron chi connectivity index (χ0n) is 16.1. The van der Waals surface area contributed by atoms with Crippen molar-refractivity contribution >= 4 is 23.1 Å². The van der Waals surface area contributed by atoms with Crippen LogP contribution in [0.2, 0.25) is 0 Å². The highest BCUT2D eigenvalue weighted by Crippen LogP contribution is 2.51. The van der Waals surface area contributed by atoms with Crippen molar-refractivity contribution in [2.75, 3.05) is 6.26 Å². The molecule has 0 spiro atoms. The predicted molar refractivity (Wildman–Crippen MR) is 125 cm³/mol. The first kappa shape index (κ1) is 18.2. The molecule has 0 unspecified atom stereocenters. The Morgan fingerprint density at radius 1 is 0.828 bits per heavy atom. The van der Waals surface area contributed by atoms with Gasteiger partial charge in [-0.05, 0) is 58.4 Å². The number of hydrogen-bond donors (Lipinski definition) is 0. The zero-order valence-corrected chi connectivity index (χ0v) is 17.7. The van der Waals surface area contributed by atoms with Gasteiger partial charge in [0, 0.05) is 20.9 Å². The number of thiophene rings is 1. The topological polar surface area (TPSA) is 23.8 Å². The minimum Gasteiger partial charge on any atom is -0.192 e. The molecule has 1 heterocycles. The Morgan fingerprint density at radius 3 is 2.10 bits per heavy atom. The van der Waals surface area contributed by atoms with Crippen LogP contribution in [0.25, 0.3) is 33.4 Å². The van der Waals surface area contributed by atoms with Gasteiger partial charge in [-0.1, -0.05) is 60.7 Å². The maximum absolute atomic E-state index is 10.2. The molecule has 4 aromatic rings. The number of nitriles is 1. The fourth-order valence-corrected chi connectivity index (χ4v) is 6.10. The Kier molecular flexibility index (Phi) is 4.75. The summed E-state index contributed by atoms with van der Waals surface area (Å²) in [6, 6.07) is 26.0. The zero-order chi connectivity index (χ0) is 19.8. The maximum atomic E-state index is 10.2. The minimum absolute atomic E-state index is 0.824. The molecule has 3 aromatic carbocycles. The highest BCUT2D eigenvalue weighted by atomic mass is 32.2. The SMILES string of the molecule is CSc1c(C#N)c2c(c(-c3ccccc3)c1-c1ccccc1)CCc1sccc1-2. The van der Waals surface area contributed by atoms with Gasteiger partial charge in [-0.25, -0.2) is 0 Å². The molecule has 5 rings (SSSR count). The first-order valence-electron chi connectivity index (χ1n) is 9.68. The Morgan fingerprint density at radius 2 is 1.48 bits per heavy atom. The molecule has 140 valence electrons. The Labute approximate surface area is 179 Å². The third kappa shape index (κ3) is 2.92. The number of fused-ring (bicyclic) bond motifs is 3. The van der Waals surface area contributed by atoms with Crippen molar-refractivity contribution in [1.29, 1.82) is 5.26 Å². The van der Waals surface area contributed by atoms with Gasteiger partial charge < -0.3 is 0 Å². The first-order valence-corrected chi connectivity index (χ1v) is 11.8. The average molecular weight is 410 g/mol. The van der Waals surface area contributed by atoms with Crippen molar-refractivity contribution in [2.45, 2.75) is 17.7 Å². The Bertz CT molecular complexity index is 1230. The maximum Gasteiger partial charge on any atom is 0.101 e. The quantitative estimate of drug-likeness (QED) is 0.328. The summed E-state index contributed by atoms with van der Waals surface area (Å²) in [7, 11) is 0. The fraction of sp³-hybridized carbons (Fsp3) is 0.115. The molecule has 0 aliphatic heterocycles. The summed E-state index contributed by atoms with van der Waals surface area (Å²) in [6.45, 7) is 0. The summed E-state index contributed by atoms with van der Waals surface area (Å²) < 4.78 is 0. The van der Waals surface area contributed by atoms with Crippen LogP contribution in [0.4, 0.5) is 0 Å². The highest BCUT2D eigenvalue weighted by Gasteiger charge is 2.29. The number of thioether (sulfide) groups is 1. The molecule has 0 bridgehead atoms. The number of benzene rings is 3. The number of nitrogens with zero attached hydrogens (tertiary/aromatic N) is 1. The molecule has 1 aromatic heterocycles. The molecule has 1 aliphatic rings. The molecule has 1 aliphatic carbocycles. The molecule has 3 heteroatoms. The van der Waals surface area contributed by atoms with E-state index in [4.69, 9.17) is 0 Å². The molecular weight excluding hydrogens is 390 g/mol. The second-order valence-electron chi connectivity index (χ2n) is 7.11. The van der Waals surface area contributed by atoms with Crippen molar-refractivity contribution in [2.24, 2.45) is 0 Å². The molecule has 1 nitrogen and oxygen atoms in total. The lowest BCUT2D eigenvalue weighted by Crippen LogP contribution is -2.08. The van der Waals surface area contributed by atoms with Crippen molar-refractivity contribution in [3.8, 4) is 39.4 Å². The van der Waals surface area contributed by atoms with E-state index in [1.54, 1.807) is 11.8 Å². The van der Waals surface area contributed by atoms with Gasteiger partial charge in [-0.15, -0.1) is 23.1 Å². The van der Waals surface area contributed by atoms with E-state index in [9.17, 15) is 5.26 Å². The van der Waals surface area contributed by atoms with Gasteiger partial charge in [0.15, 0.2) is 0 Å². The van der Waals surface area contributed by atoms with Crippen LogP contribution in [0.3, 0.4) is 0 Å². The standard InChI is InChI=1S/C26H19NS2/c1-28-26-21(16-27)25-19-14-15-29-22(19)13-12-20(25)23(17-8-4-2-5-9-17)24(26)18-10-6-3-7-11-18/h2-11,14-15H,12-13H2,1H3. The molecule has 29 heavy (non-hydrogen) atoms. The monoisotopic (exact) mass is 409 g/mol. The molecule has 0 atom stereocenters. The molecule has 0 fully saturated rings. The van der Waals surface area contributed by atoms with Gasteiger partial charge in [0.05, 0.1) is 5.56 Å². The average Bonchev–Trinajstić information content (AvgIpc) is 3.27. The summed E-state index contributed by atoms with van der Waals surface area (Å²) >= 11 is 3.49. The van der Waals surface area contributed by atoms with Gasteiger partial charge in [-0.3, -0.25) is 0 Å². The third-order valence-corrected chi connectivity index (χ3v) is 7.41. The van der Waals surface area contributed by atoms with Crippen LogP contribution in [0.15, 0.2) is 77.0 Å². The highest BCUT2D eigenvalue weighted by molar-refractivity contribution is 7.98. The number of rotatable bonds is 3. The van der Waals surface area contributed by atoms with Gasteiger partial charge in [0.25, 0.3) is 0 Å². The molecule has 0 saturated heterocycles. The summed E-state index contributed by atoms with van der Waals surface area (Å²) in [4.78, 5) is 2.47. The van der Waals surface area contributed by atoms with E-state index in [1.807, 2.05) is 17.4 Å². The molecule has 0 saturated carbocycles. The lowest BCUT2D eigenvalue weighted by molar-refractivity contribution is 0.961. The second-order valence-corrected chi connectivity index (χ2v) is 8.93. The largest absolute Gasteiger partial charge is 0.192 e. The van der Waals surface area contributed by atoms with Crippen LogP contribution in [0, 0.1) is 11.3 Å². The number of hydrogen-bond acceptors (Lipinski definition) is 3. The van der Waals surface area contributed by atoms with E-state index in [-0.39, 0.29) is 0 Å². The first-order chi connectivity index (χ1) is 14.3. The summed E-state index contributed by atoms with van der Waals surface area (Å²) in [6.07, 6.45) is 4.09. The Balaban J connectivity index is 1.98. The van der Waals surface area contributed by atoms with Gasteiger partial charge >= 0.3 is 0 Å². The summed E-state index contributed by atoms with van der Waals surface area (Å²) in [5, 5.41) is 12.4.